The number of ketones is 1. The molecule has 98 valence electrons. The summed E-state index contributed by atoms with van der Waals surface area (Å²) in [5, 5.41) is 10.3. The molecule has 4 nitrogen and oxygen atoms in total. The summed E-state index contributed by atoms with van der Waals surface area (Å²) in [6.07, 6.45) is 0. The van der Waals surface area contributed by atoms with E-state index in [9.17, 15) is 14.7 Å². The van der Waals surface area contributed by atoms with E-state index in [-0.39, 0.29) is 5.69 Å². The van der Waals surface area contributed by atoms with Crippen molar-refractivity contribution in [3.63, 3.8) is 0 Å². The van der Waals surface area contributed by atoms with E-state index < -0.39 is 17.0 Å². The van der Waals surface area contributed by atoms with Crippen LogP contribution >= 0.6 is 0 Å². The number of H-pyrrole nitrogens is 1. The summed E-state index contributed by atoms with van der Waals surface area (Å²) in [6.45, 7) is 0. The summed E-state index contributed by atoms with van der Waals surface area (Å²) >= 11 is 0. The molecule has 0 unspecified atom stereocenters. The average Bonchev–Trinajstić information content (AvgIpc) is 2.51. The molecule has 0 bridgehead atoms. The fourth-order valence-electron chi connectivity index (χ4n) is 2.12. The Bertz CT molecular complexity index is 850. The lowest BCUT2D eigenvalue weighted by atomic mass is 10.1. The fraction of sp³-hybridized carbons (Fsp3) is 0. The van der Waals surface area contributed by atoms with Crippen LogP contribution in [0, 0.1) is 0 Å². The largest absolute Gasteiger partial charge is 0.503 e. The summed E-state index contributed by atoms with van der Waals surface area (Å²) in [5.74, 6) is -0.955. The maximum Gasteiger partial charge on any atom is 0.231 e. The number of aromatic hydroxyl groups is 1. The Morgan fingerprint density at radius 2 is 1.60 bits per heavy atom. The van der Waals surface area contributed by atoms with Gasteiger partial charge >= 0.3 is 0 Å². The number of carbonyl (C=O) groups excluding carboxylic acids is 1. The van der Waals surface area contributed by atoms with Crippen LogP contribution in [0.2, 0.25) is 0 Å². The smallest absolute Gasteiger partial charge is 0.231 e. The van der Waals surface area contributed by atoms with Gasteiger partial charge in [0.1, 0.15) is 5.69 Å². The van der Waals surface area contributed by atoms with Crippen molar-refractivity contribution in [3.05, 3.63) is 76.1 Å². The highest BCUT2D eigenvalue weighted by atomic mass is 16.3. The van der Waals surface area contributed by atoms with Gasteiger partial charge in [-0.25, -0.2) is 0 Å². The van der Waals surface area contributed by atoms with Crippen LogP contribution in [0.4, 0.5) is 0 Å². The molecule has 0 aliphatic carbocycles. The minimum atomic E-state index is -0.544. The van der Waals surface area contributed by atoms with Crippen LogP contribution in [-0.2, 0) is 0 Å². The molecule has 2 N–H and O–H groups in total. The highest BCUT2D eigenvalue weighted by Crippen LogP contribution is 2.19. The van der Waals surface area contributed by atoms with Gasteiger partial charge in [0.2, 0.25) is 11.2 Å². The predicted octanol–water partition coefficient (Wildman–Crippen LogP) is 2.46. The number of para-hydroxylation sites is 1. The van der Waals surface area contributed by atoms with Gasteiger partial charge < -0.3 is 10.1 Å². The predicted molar refractivity (Wildman–Crippen MR) is 76.1 cm³/mol. The minimum absolute atomic E-state index is 0.0834. The number of nitrogens with one attached hydrogen (secondary N) is 1. The van der Waals surface area contributed by atoms with Gasteiger partial charge in [0.15, 0.2) is 5.75 Å². The third-order valence-corrected chi connectivity index (χ3v) is 3.15. The quantitative estimate of drug-likeness (QED) is 0.699. The number of aromatic amines is 1. The second-order valence-electron chi connectivity index (χ2n) is 4.42. The molecule has 3 rings (SSSR count). The molecule has 20 heavy (non-hydrogen) atoms. The molecule has 3 aromatic rings. The number of aromatic nitrogens is 1. The van der Waals surface area contributed by atoms with E-state index in [0.29, 0.717) is 16.5 Å². The van der Waals surface area contributed by atoms with Crippen molar-refractivity contribution in [2.24, 2.45) is 0 Å². The third-order valence-electron chi connectivity index (χ3n) is 3.15. The fourth-order valence-corrected chi connectivity index (χ4v) is 2.12. The zero-order valence-electron chi connectivity index (χ0n) is 10.5. The second kappa shape index (κ2) is 4.66. The van der Waals surface area contributed by atoms with Gasteiger partial charge in [-0.3, -0.25) is 9.59 Å². The third kappa shape index (κ3) is 1.87. The Balaban J connectivity index is 2.25. The zero-order valence-corrected chi connectivity index (χ0v) is 10.5. The Morgan fingerprint density at radius 1 is 0.950 bits per heavy atom. The highest BCUT2D eigenvalue weighted by molar-refractivity contribution is 6.10. The minimum Gasteiger partial charge on any atom is -0.503 e. The van der Waals surface area contributed by atoms with Crippen molar-refractivity contribution in [1.29, 1.82) is 0 Å². The molecule has 0 atom stereocenters. The molecular formula is C16H11NO3. The number of benzene rings is 2. The summed E-state index contributed by atoms with van der Waals surface area (Å²) in [7, 11) is 0. The summed E-state index contributed by atoms with van der Waals surface area (Å²) in [4.78, 5) is 27.2. The molecule has 1 heterocycles. The average molecular weight is 265 g/mol. The molecule has 0 amide bonds. The number of carbonyl (C=O) groups is 1. The monoisotopic (exact) mass is 265 g/mol. The SMILES string of the molecule is O=C(c1ccccc1)c1[nH]c2ccccc2c(=O)c1O. The molecule has 4 heteroatoms. The molecule has 1 aromatic heterocycles. The second-order valence-corrected chi connectivity index (χ2v) is 4.42. The standard InChI is InChI=1S/C16H11NO3/c18-14(10-6-2-1-3-7-10)13-16(20)15(19)11-8-4-5-9-12(11)17-13/h1-9,20H,(H,17,19). The Hall–Kier alpha value is -2.88. The van der Waals surface area contributed by atoms with Crippen LogP contribution < -0.4 is 5.43 Å². The molecule has 0 spiro atoms. The first-order valence-corrected chi connectivity index (χ1v) is 6.12. The lowest BCUT2D eigenvalue weighted by molar-refractivity contribution is 0.103. The van der Waals surface area contributed by atoms with Gasteiger partial charge in [-0.05, 0) is 12.1 Å². The maximum atomic E-state index is 12.3. The molecule has 0 saturated carbocycles. The van der Waals surface area contributed by atoms with E-state index in [1.165, 1.54) is 0 Å². The van der Waals surface area contributed by atoms with Crippen LogP contribution in [0.5, 0.6) is 5.75 Å². The van der Waals surface area contributed by atoms with E-state index in [2.05, 4.69) is 4.98 Å². The Morgan fingerprint density at radius 3 is 2.35 bits per heavy atom. The number of hydrogen-bond acceptors (Lipinski definition) is 3. The van der Waals surface area contributed by atoms with Crippen molar-refractivity contribution in [3.8, 4) is 5.75 Å². The molecule has 0 fully saturated rings. The van der Waals surface area contributed by atoms with Crippen molar-refractivity contribution in [2.75, 3.05) is 0 Å². The van der Waals surface area contributed by atoms with Crippen molar-refractivity contribution < 1.29 is 9.90 Å². The molecule has 0 aliphatic heterocycles. The van der Waals surface area contributed by atoms with Gasteiger partial charge in [-0.1, -0.05) is 42.5 Å². The first kappa shape index (κ1) is 12.2. The van der Waals surface area contributed by atoms with Gasteiger partial charge in [-0.2, -0.15) is 0 Å². The highest BCUT2D eigenvalue weighted by Gasteiger charge is 2.18. The van der Waals surface area contributed by atoms with Crippen molar-refractivity contribution in [2.45, 2.75) is 0 Å². The van der Waals surface area contributed by atoms with E-state index in [0.717, 1.165) is 0 Å². The van der Waals surface area contributed by atoms with Crippen LogP contribution in [0.15, 0.2) is 59.4 Å². The van der Waals surface area contributed by atoms with Crippen molar-refractivity contribution >= 4 is 16.7 Å². The van der Waals surface area contributed by atoms with Crippen LogP contribution in [0.1, 0.15) is 16.1 Å². The lowest BCUT2D eigenvalue weighted by Crippen LogP contribution is -2.12. The molecule has 0 aliphatic rings. The van der Waals surface area contributed by atoms with Crippen LogP contribution in [-0.4, -0.2) is 15.9 Å². The molecule has 0 radical (unpaired) electrons. The van der Waals surface area contributed by atoms with E-state index >= 15 is 0 Å². The summed E-state index contributed by atoms with van der Waals surface area (Å²) in [5.41, 5.74) is 0.307. The molecule has 2 aromatic carbocycles. The van der Waals surface area contributed by atoms with Crippen LogP contribution in [0.25, 0.3) is 10.9 Å². The van der Waals surface area contributed by atoms with E-state index in [1.807, 2.05) is 0 Å². The van der Waals surface area contributed by atoms with Crippen LogP contribution in [0.3, 0.4) is 0 Å². The first-order valence-electron chi connectivity index (χ1n) is 6.12. The Labute approximate surface area is 114 Å². The van der Waals surface area contributed by atoms with Crippen molar-refractivity contribution in [1.82, 2.24) is 4.98 Å². The Kier molecular flexibility index (Phi) is 2.84. The summed E-state index contributed by atoms with van der Waals surface area (Å²) < 4.78 is 0. The van der Waals surface area contributed by atoms with Gasteiger partial charge in [0.05, 0.1) is 5.52 Å². The molecular weight excluding hydrogens is 254 g/mol. The lowest BCUT2D eigenvalue weighted by Gasteiger charge is -2.06. The normalized spacial score (nSPS) is 10.6. The van der Waals surface area contributed by atoms with E-state index in [4.69, 9.17) is 0 Å². The number of pyridine rings is 1. The van der Waals surface area contributed by atoms with Gasteiger partial charge in [0, 0.05) is 10.9 Å². The zero-order chi connectivity index (χ0) is 14.1. The maximum absolute atomic E-state index is 12.3. The molecule has 0 saturated heterocycles. The first-order chi connectivity index (χ1) is 9.68. The van der Waals surface area contributed by atoms with E-state index in [1.54, 1.807) is 54.6 Å². The topological polar surface area (TPSA) is 70.2 Å². The van der Waals surface area contributed by atoms with Gasteiger partial charge in [0.25, 0.3) is 0 Å². The van der Waals surface area contributed by atoms with Gasteiger partial charge in [-0.15, -0.1) is 0 Å². The number of fused-ring (bicyclic) bond motifs is 1. The summed E-state index contributed by atoms with van der Waals surface area (Å²) in [6, 6.07) is 15.3. The number of rotatable bonds is 2. The number of hydrogen-bond donors (Lipinski definition) is 2.